The van der Waals surface area contributed by atoms with E-state index in [0.717, 1.165) is 28.8 Å². The molecule has 1 aromatic heterocycles. The number of benzene rings is 1. The third-order valence-corrected chi connectivity index (χ3v) is 5.85. The Labute approximate surface area is 154 Å². The van der Waals surface area contributed by atoms with Crippen molar-refractivity contribution in [3.8, 4) is 11.4 Å². The van der Waals surface area contributed by atoms with Crippen LogP contribution in [0.5, 0.6) is 0 Å². The lowest BCUT2D eigenvalue weighted by Crippen LogP contribution is -2.38. The molecule has 0 spiro atoms. The maximum atomic E-state index is 12.1. The lowest BCUT2D eigenvalue weighted by atomic mass is 9.87. The summed E-state index contributed by atoms with van der Waals surface area (Å²) in [4.78, 5) is 16.5. The van der Waals surface area contributed by atoms with Gasteiger partial charge in [-0.05, 0) is 37.7 Å². The van der Waals surface area contributed by atoms with Crippen LogP contribution in [0.25, 0.3) is 11.4 Å². The molecule has 0 saturated heterocycles. The molecule has 0 aliphatic heterocycles. The van der Waals surface area contributed by atoms with Crippen molar-refractivity contribution in [3.63, 3.8) is 0 Å². The molecule has 5 nitrogen and oxygen atoms in total. The molecule has 1 saturated carbocycles. The molecule has 0 unspecified atom stereocenters. The van der Waals surface area contributed by atoms with Gasteiger partial charge in [0.2, 0.25) is 11.1 Å². The number of thioether (sulfide) groups is 1. The minimum atomic E-state index is 0.0618. The average molecular weight is 409 g/mol. The first-order chi connectivity index (χ1) is 11.6. The van der Waals surface area contributed by atoms with E-state index < -0.39 is 0 Å². The zero-order chi connectivity index (χ0) is 16.9. The van der Waals surface area contributed by atoms with Crippen molar-refractivity contribution in [3.05, 3.63) is 28.7 Å². The second-order valence-corrected chi connectivity index (χ2v) is 8.06. The van der Waals surface area contributed by atoms with E-state index in [0.29, 0.717) is 22.8 Å². The second-order valence-electron chi connectivity index (χ2n) is 6.26. The fourth-order valence-electron chi connectivity index (χ4n) is 2.89. The molecule has 128 valence electrons. The van der Waals surface area contributed by atoms with Gasteiger partial charge in [0.1, 0.15) is 0 Å². The van der Waals surface area contributed by atoms with Gasteiger partial charge in [0.15, 0.2) is 5.82 Å². The Morgan fingerprint density at radius 3 is 2.83 bits per heavy atom. The van der Waals surface area contributed by atoms with Crippen molar-refractivity contribution in [2.75, 3.05) is 5.75 Å². The highest BCUT2D eigenvalue weighted by atomic mass is 79.9. The summed E-state index contributed by atoms with van der Waals surface area (Å²) in [6.45, 7) is 2.28. The highest BCUT2D eigenvalue weighted by molar-refractivity contribution is 9.10. The molecule has 1 aliphatic carbocycles. The van der Waals surface area contributed by atoms with Crippen LogP contribution in [0.1, 0.15) is 32.6 Å². The summed E-state index contributed by atoms with van der Waals surface area (Å²) in [5, 5.41) is 10.8. The number of hydrogen-bond donors (Lipinski definition) is 2. The van der Waals surface area contributed by atoms with Crippen molar-refractivity contribution in [2.45, 2.75) is 43.8 Å². The number of rotatable bonds is 5. The second kappa shape index (κ2) is 8.16. The fraction of sp³-hybridized carbons (Fsp3) is 0.471. The predicted octanol–water partition coefficient (Wildman–Crippen LogP) is 4.02. The van der Waals surface area contributed by atoms with E-state index in [4.69, 9.17) is 0 Å². The molecule has 0 bridgehead atoms. The topological polar surface area (TPSA) is 70.7 Å². The number of hydrogen-bond acceptors (Lipinski definition) is 4. The summed E-state index contributed by atoms with van der Waals surface area (Å²) in [5.74, 6) is 1.90. The largest absolute Gasteiger partial charge is 0.353 e. The average Bonchev–Trinajstić information content (AvgIpc) is 3.04. The van der Waals surface area contributed by atoms with Gasteiger partial charge in [0.25, 0.3) is 0 Å². The van der Waals surface area contributed by atoms with E-state index >= 15 is 0 Å². The van der Waals surface area contributed by atoms with Crippen LogP contribution in [-0.2, 0) is 4.79 Å². The molecule has 3 rings (SSSR count). The van der Waals surface area contributed by atoms with E-state index in [-0.39, 0.29) is 5.91 Å². The molecule has 2 N–H and O–H groups in total. The van der Waals surface area contributed by atoms with Gasteiger partial charge >= 0.3 is 0 Å². The molecule has 0 radical (unpaired) electrons. The molecule has 1 amide bonds. The van der Waals surface area contributed by atoms with Gasteiger partial charge in [-0.25, -0.2) is 4.98 Å². The normalized spacial score (nSPS) is 20.8. The number of nitrogens with one attached hydrogen (secondary N) is 2. The number of amides is 1. The van der Waals surface area contributed by atoms with E-state index in [1.807, 2.05) is 24.3 Å². The molecule has 7 heteroatoms. The lowest BCUT2D eigenvalue weighted by Gasteiger charge is -2.26. The molecule has 2 aromatic rings. The van der Waals surface area contributed by atoms with Crippen LogP contribution in [-0.4, -0.2) is 32.9 Å². The number of aromatic nitrogens is 3. The Morgan fingerprint density at radius 1 is 1.33 bits per heavy atom. The first-order valence-electron chi connectivity index (χ1n) is 8.21. The monoisotopic (exact) mass is 408 g/mol. The van der Waals surface area contributed by atoms with Gasteiger partial charge in [-0.15, -0.1) is 5.10 Å². The van der Waals surface area contributed by atoms with Crippen LogP contribution >= 0.6 is 27.7 Å². The highest BCUT2D eigenvalue weighted by Crippen LogP contribution is 2.26. The van der Waals surface area contributed by atoms with Crippen LogP contribution in [0.4, 0.5) is 0 Å². The van der Waals surface area contributed by atoms with Crippen LogP contribution in [0.3, 0.4) is 0 Å². The third kappa shape index (κ3) is 4.60. The van der Waals surface area contributed by atoms with Crippen molar-refractivity contribution in [1.29, 1.82) is 0 Å². The van der Waals surface area contributed by atoms with E-state index in [2.05, 4.69) is 43.4 Å². The maximum absolute atomic E-state index is 12.1. The fourth-order valence-corrected chi connectivity index (χ4v) is 3.97. The summed E-state index contributed by atoms with van der Waals surface area (Å²) < 4.78 is 0.960. The lowest BCUT2D eigenvalue weighted by molar-refractivity contribution is -0.119. The summed E-state index contributed by atoms with van der Waals surface area (Å²) >= 11 is 4.86. The smallest absolute Gasteiger partial charge is 0.230 e. The van der Waals surface area contributed by atoms with E-state index in [9.17, 15) is 4.79 Å². The van der Waals surface area contributed by atoms with Crippen LogP contribution in [0, 0.1) is 5.92 Å². The first-order valence-corrected chi connectivity index (χ1v) is 9.99. The Hall–Kier alpha value is -1.34. The predicted molar refractivity (Wildman–Crippen MR) is 99.8 cm³/mol. The number of H-pyrrole nitrogens is 1. The summed E-state index contributed by atoms with van der Waals surface area (Å²) in [6.07, 6.45) is 4.58. The van der Waals surface area contributed by atoms with Crippen molar-refractivity contribution < 1.29 is 4.79 Å². The molecular formula is C17H21BrN4OS. The number of carbonyl (C=O) groups excluding carboxylic acids is 1. The Kier molecular flexibility index (Phi) is 5.94. The highest BCUT2D eigenvalue weighted by Gasteiger charge is 2.20. The molecule has 1 heterocycles. The number of halogens is 1. The molecule has 1 aliphatic rings. The molecule has 0 atom stereocenters. The minimum absolute atomic E-state index is 0.0618. The molecular weight excluding hydrogens is 388 g/mol. The van der Waals surface area contributed by atoms with Crippen LogP contribution in [0.15, 0.2) is 33.9 Å². The number of carbonyl (C=O) groups is 1. The van der Waals surface area contributed by atoms with Crippen LogP contribution in [0.2, 0.25) is 0 Å². The van der Waals surface area contributed by atoms with Gasteiger partial charge in [-0.1, -0.05) is 52.8 Å². The minimum Gasteiger partial charge on any atom is -0.353 e. The third-order valence-electron chi connectivity index (χ3n) is 4.31. The van der Waals surface area contributed by atoms with Gasteiger partial charge in [-0.2, -0.15) is 0 Å². The summed E-state index contributed by atoms with van der Waals surface area (Å²) in [6, 6.07) is 8.17. The van der Waals surface area contributed by atoms with E-state index in [1.54, 1.807) is 0 Å². The van der Waals surface area contributed by atoms with Gasteiger partial charge in [0, 0.05) is 16.1 Å². The zero-order valence-corrected chi connectivity index (χ0v) is 16.0. The Bertz CT molecular complexity index is 697. The first kappa shape index (κ1) is 17.5. The number of aromatic amines is 1. The summed E-state index contributed by atoms with van der Waals surface area (Å²) in [7, 11) is 0. The van der Waals surface area contributed by atoms with Crippen molar-refractivity contribution in [2.24, 2.45) is 5.92 Å². The summed E-state index contributed by atoms with van der Waals surface area (Å²) in [5.41, 5.74) is 0.956. The molecule has 1 fully saturated rings. The SMILES string of the molecule is CC1CCC(NC(=O)CSc2n[nH]c(-c3ccccc3Br)n2)CC1. The maximum Gasteiger partial charge on any atom is 0.230 e. The van der Waals surface area contributed by atoms with Gasteiger partial charge in [0.05, 0.1) is 5.75 Å². The number of nitrogens with zero attached hydrogens (tertiary/aromatic N) is 2. The van der Waals surface area contributed by atoms with Crippen LogP contribution < -0.4 is 5.32 Å². The standard InChI is InChI=1S/C17H21BrN4OS/c1-11-6-8-12(9-7-11)19-15(23)10-24-17-20-16(21-22-17)13-4-2-3-5-14(13)18/h2-5,11-12H,6-10H2,1H3,(H,19,23)(H,20,21,22). The molecule has 1 aromatic carbocycles. The Balaban J connectivity index is 1.50. The van der Waals surface area contributed by atoms with Gasteiger partial charge < -0.3 is 5.32 Å². The zero-order valence-electron chi connectivity index (χ0n) is 13.6. The van der Waals surface area contributed by atoms with Gasteiger partial charge in [-0.3, -0.25) is 9.89 Å². The quantitative estimate of drug-likeness (QED) is 0.732. The van der Waals surface area contributed by atoms with Crippen molar-refractivity contribution >= 4 is 33.6 Å². The van der Waals surface area contributed by atoms with E-state index in [1.165, 1.54) is 24.6 Å². The van der Waals surface area contributed by atoms with Crippen molar-refractivity contribution in [1.82, 2.24) is 20.5 Å². The Morgan fingerprint density at radius 2 is 2.08 bits per heavy atom. The molecule has 24 heavy (non-hydrogen) atoms.